The average Bonchev–Trinajstić information content (AvgIpc) is 3.11. The molecule has 0 atom stereocenters. The van der Waals surface area contributed by atoms with Gasteiger partial charge in [-0.2, -0.15) is 5.26 Å². The number of benzene rings is 2. The van der Waals surface area contributed by atoms with Crippen molar-refractivity contribution >= 4 is 17.2 Å². The Morgan fingerprint density at radius 2 is 1.86 bits per heavy atom. The number of aromatic nitrogens is 3. The van der Waals surface area contributed by atoms with Gasteiger partial charge in [-0.1, -0.05) is 30.3 Å². The number of carbonyl (C=O) groups excluding carboxylic acids is 1. The summed E-state index contributed by atoms with van der Waals surface area (Å²) in [7, 11) is 0. The largest absolute Gasteiger partial charge is 0.326 e. The number of carbonyl (C=O) groups is 1. The van der Waals surface area contributed by atoms with Crippen LogP contribution in [0, 0.1) is 11.3 Å². The zero-order chi connectivity index (χ0) is 19.7. The van der Waals surface area contributed by atoms with Gasteiger partial charge in [0.15, 0.2) is 5.65 Å². The molecule has 0 aliphatic heterocycles. The van der Waals surface area contributed by atoms with Gasteiger partial charge in [0, 0.05) is 30.4 Å². The standard InChI is InChI=1S/C21H15N5O2/c1-13(27)24-18-8-15(14-5-3-2-4-6-14)7-16(9-18)19-10-20(28)26-21(25-19)17(11-22)12-23-26/h2-10,12,23H,1H3,(H,24,27). The predicted molar refractivity (Wildman–Crippen MR) is 106 cm³/mol. The molecule has 2 aromatic heterocycles. The Kier molecular flexibility index (Phi) is 4.22. The van der Waals surface area contributed by atoms with Crippen molar-refractivity contribution in [3.8, 4) is 28.5 Å². The van der Waals surface area contributed by atoms with Crippen LogP contribution >= 0.6 is 0 Å². The Morgan fingerprint density at radius 1 is 1.11 bits per heavy atom. The molecule has 136 valence electrons. The molecule has 7 nitrogen and oxygen atoms in total. The second kappa shape index (κ2) is 6.85. The second-order valence-electron chi connectivity index (χ2n) is 6.28. The van der Waals surface area contributed by atoms with Crippen molar-refractivity contribution in [1.82, 2.24) is 14.6 Å². The van der Waals surface area contributed by atoms with Crippen molar-refractivity contribution in [2.24, 2.45) is 0 Å². The first kappa shape index (κ1) is 17.2. The van der Waals surface area contributed by atoms with E-state index in [1.807, 2.05) is 48.5 Å². The van der Waals surface area contributed by atoms with Gasteiger partial charge in [0.1, 0.15) is 11.6 Å². The molecule has 1 amide bonds. The Bertz CT molecular complexity index is 1300. The average molecular weight is 369 g/mol. The number of aromatic amines is 1. The van der Waals surface area contributed by atoms with Crippen LogP contribution in [-0.2, 0) is 4.79 Å². The van der Waals surface area contributed by atoms with Gasteiger partial charge < -0.3 is 5.32 Å². The lowest BCUT2D eigenvalue weighted by atomic mass is 10.0. The lowest BCUT2D eigenvalue weighted by molar-refractivity contribution is -0.114. The smallest absolute Gasteiger partial charge is 0.273 e. The van der Waals surface area contributed by atoms with E-state index in [4.69, 9.17) is 0 Å². The summed E-state index contributed by atoms with van der Waals surface area (Å²) >= 11 is 0. The van der Waals surface area contributed by atoms with Gasteiger partial charge in [-0.05, 0) is 29.3 Å². The van der Waals surface area contributed by atoms with Crippen LogP contribution in [0.5, 0.6) is 0 Å². The molecule has 28 heavy (non-hydrogen) atoms. The van der Waals surface area contributed by atoms with Crippen molar-refractivity contribution < 1.29 is 4.79 Å². The maximum atomic E-state index is 12.4. The van der Waals surface area contributed by atoms with Crippen LogP contribution in [0.25, 0.3) is 28.0 Å². The summed E-state index contributed by atoms with van der Waals surface area (Å²) in [6, 6.07) is 18.6. The first-order valence-corrected chi connectivity index (χ1v) is 8.55. The number of nitriles is 1. The van der Waals surface area contributed by atoms with Crippen LogP contribution in [-0.4, -0.2) is 20.5 Å². The van der Waals surface area contributed by atoms with E-state index in [0.717, 1.165) is 11.1 Å². The van der Waals surface area contributed by atoms with E-state index in [-0.39, 0.29) is 22.7 Å². The molecule has 2 aromatic carbocycles. The van der Waals surface area contributed by atoms with Crippen LogP contribution in [0.4, 0.5) is 5.69 Å². The van der Waals surface area contributed by atoms with Crippen LogP contribution in [0.15, 0.2) is 65.6 Å². The molecule has 0 aliphatic rings. The molecule has 4 rings (SSSR count). The van der Waals surface area contributed by atoms with Gasteiger partial charge in [0.25, 0.3) is 5.56 Å². The number of hydrogen-bond donors (Lipinski definition) is 2. The minimum Gasteiger partial charge on any atom is -0.326 e. The highest BCUT2D eigenvalue weighted by atomic mass is 16.1. The van der Waals surface area contributed by atoms with Gasteiger partial charge in [0.2, 0.25) is 5.91 Å². The monoisotopic (exact) mass is 369 g/mol. The van der Waals surface area contributed by atoms with Gasteiger partial charge in [-0.25, -0.2) is 9.50 Å². The van der Waals surface area contributed by atoms with E-state index >= 15 is 0 Å². The number of hydrogen-bond acceptors (Lipinski definition) is 4. The molecule has 4 aromatic rings. The lowest BCUT2D eigenvalue weighted by Gasteiger charge is -2.11. The molecule has 0 aliphatic carbocycles. The number of nitrogens with zero attached hydrogens (tertiary/aromatic N) is 3. The highest BCUT2D eigenvalue weighted by molar-refractivity contribution is 5.91. The molecule has 2 heterocycles. The quantitative estimate of drug-likeness (QED) is 0.579. The summed E-state index contributed by atoms with van der Waals surface area (Å²) in [4.78, 5) is 28.5. The van der Waals surface area contributed by atoms with Crippen molar-refractivity contribution in [2.75, 3.05) is 5.32 Å². The zero-order valence-corrected chi connectivity index (χ0v) is 14.9. The summed E-state index contributed by atoms with van der Waals surface area (Å²) < 4.78 is 1.22. The number of anilines is 1. The van der Waals surface area contributed by atoms with Crippen LogP contribution in [0.3, 0.4) is 0 Å². The number of amides is 1. The Balaban J connectivity index is 1.94. The number of rotatable bonds is 3. The molecule has 0 bridgehead atoms. The molecule has 2 N–H and O–H groups in total. The van der Waals surface area contributed by atoms with E-state index in [1.165, 1.54) is 23.7 Å². The predicted octanol–water partition coefficient (Wildman–Crippen LogP) is 3.19. The van der Waals surface area contributed by atoms with Crippen molar-refractivity contribution in [3.63, 3.8) is 0 Å². The maximum absolute atomic E-state index is 12.4. The highest BCUT2D eigenvalue weighted by Gasteiger charge is 2.12. The van der Waals surface area contributed by atoms with Crippen molar-refractivity contribution in [1.29, 1.82) is 5.26 Å². The highest BCUT2D eigenvalue weighted by Crippen LogP contribution is 2.29. The first-order chi connectivity index (χ1) is 13.5. The van der Waals surface area contributed by atoms with Gasteiger partial charge in [-0.15, -0.1) is 0 Å². The zero-order valence-electron chi connectivity index (χ0n) is 14.9. The van der Waals surface area contributed by atoms with Crippen LogP contribution in [0.2, 0.25) is 0 Å². The number of fused-ring (bicyclic) bond motifs is 1. The minimum atomic E-state index is -0.326. The first-order valence-electron chi connectivity index (χ1n) is 8.55. The van der Waals surface area contributed by atoms with Crippen LogP contribution in [0.1, 0.15) is 12.5 Å². The van der Waals surface area contributed by atoms with Crippen molar-refractivity contribution in [2.45, 2.75) is 6.92 Å². The summed E-state index contributed by atoms with van der Waals surface area (Å²) in [5, 5.41) is 14.7. The Labute approximate surface area is 159 Å². The maximum Gasteiger partial charge on any atom is 0.273 e. The van der Waals surface area contributed by atoms with Crippen molar-refractivity contribution in [3.05, 3.63) is 76.7 Å². The fraction of sp³-hybridized carbons (Fsp3) is 0.0476. The third-order valence-electron chi connectivity index (χ3n) is 4.27. The van der Waals surface area contributed by atoms with E-state index in [1.54, 1.807) is 6.07 Å². The summed E-state index contributed by atoms with van der Waals surface area (Å²) in [6.45, 7) is 1.44. The third kappa shape index (κ3) is 3.15. The van der Waals surface area contributed by atoms with E-state index in [0.29, 0.717) is 16.9 Å². The molecule has 0 spiro atoms. The van der Waals surface area contributed by atoms with E-state index in [2.05, 4.69) is 15.4 Å². The Morgan fingerprint density at radius 3 is 2.57 bits per heavy atom. The van der Waals surface area contributed by atoms with Crippen LogP contribution < -0.4 is 10.9 Å². The minimum absolute atomic E-state index is 0.197. The molecule has 0 saturated carbocycles. The number of H-pyrrole nitrogens is 1. The molecule has 0 radical (unpaired) electrons. The second-order valence-corrected chi connectivity index (χ2v) is 6.28. The summed E-state index contributed by atoms with van der Waals surface area (Å²) in [5.74, 6) is -0.197. The number of nitrogens with one attached hydrogen (secondary N) is 2. The topological polar surface area (TPSA) is 103 Å². The summed E-state index contributed by atoms with van der Waals surface area (Å²) in [5.41, 5.74) is 3.73. The third-order valence-corrected chi connectivity index (χ3v) is 4.27. The molecular formula is C21H15N5O2. The van der Waals surface area contributed by atoms with Gasteiger partial charge in [-0.3, -0.25) is 14.7 Å². The fourth-order valence-electron chi connectivity index (χ4n) is 3.06. The SMILES string of the molecule is CC(=O)Nc1cc(-c2ccccc2)cc(-c2cc(=O)n3[nH]cc(C#N)c3n2)c1. The molecule has 7 heteroatoms. The van der Waals surface area contributed by atoms with Gasteiger partial charge >= 0.3 is 0 Å². The van der Waals surface area contributed by atoms with E-state index in [9.17, 15) is 14.9 Å². The summed E-state index contributed by atoms with van der Waals surface area (Å²) in [6.07, 6.45) is 1.44. The lowest BCUT2D eigenvalue weighted by Crippen LogP contribution is -2.14. The normalized spacial score (nSPS) is 10.6. The molecule has 0 fully saturated rings. The molecule has 0 saturated heterocycles. The van der Waals surface area contributed by atoms with Gasteiger partial charge in [0.05, 0.1) is 5.69 Å². The Hall–Kier alpha value is -4.18. The molecule has 0 unspecified atom stereocenters. The fourth-order valence-corrected chi connectivity index (χ4v) is 3.06. The molecular weight excluding hydrogens is 354 g/mol. The van der Waals surface area contributed by atoms with E-state index < -0.39 is 0 Å².